The predicted molar refractivity (Wildman–Crippen MR) is 70.5 cm³/mol. The average Bonchev–Trinajstić information content (AvgIpc) is 2.33. The molecule has 1 saturated heterocycles. The molecule has 0 amide bonds. The Morgan fingerprint density at radius 1 is 1.33 bits per heavy atom. The van der Waals surface area contributed by atoms with Gasteiger partial charge in [-0.3, -0.25) is 10.1 Å². The first kappa shape index (κ1) is 13.2. The molecule has 1 fully saturated rings. The molecule has 18 heavy (non-hydrogen) atoms. The van der Waals surface area contributed by atoms with Gasteiger partial charge in [0.05, 0.1) is 9.40 Å². The number of piperazine rings is 1. The number of rotatable bonds is 2. The van der Waals surface area contributed by atoms with Crippen molar-refractivity contribution in [3.63, 3.8) is 0 Å². The number of halogens is 2. The van der Waals surface area contributed by atoms with Gasteiger partial charge in [-0.05, 0) is 23.0 Å². The van der Waals surface area contributed by atoms with Gasteiger partial charge >= 0.3 is 0 Å². The lowest BCUT2D eigenvalue weighted by Gasteiger charge is -2.33. The third-order valence-corrected chi connectivity index (χ3v) is 3.67. The standard InChI is InChI=1S/C11H13BrFN3O2/c1-14-2-4-15(5-3-14)10-7-9(13)8(12)6-11(10)16(17)18/h6-7H,2-5H2,1H3. The minimum atomic E-state index is -0.477. The molecule has 0 aliphatic carbocycles. The highest BCUT2D eigenvalue weighted by atomic mass is 79.9. The summed E-state index contributed by atoms with van der Waals surface area (Å²) < 4.78 is 13.7. The van der Waals surface area contributed by atoms with Gasteiger partial charge in [0.15, 0.2) is 0 Å². The van der Waals surface area contributed by atoms with Crippen LogP contribution in [0.15, 0.2) is 16.6 Å². The molecule has 1 aliphatic rings. The second kappa shape index (κ2) is 5.19. The van der Waals surface area contributed by atoms with Crippen molar-refractivity contribution in [3.8, 4) is 0 Å². The normalized spacial score (nSPS) is 16.9. The molecule has 5 nitrogen and oxygen atoms in total. The Kier molecular flexibility index (Phi) is 3.82. The topological polar surface area (TPSA) is 49.6 Å². The lowest BCUT2D eigenvalue weighted by atomic mass is 10.2. The van der Waals surface area contributed by atoms with E-state index in [0.717, 1.165) is 13.1 Å². The number of hydrogen-bond acceptors (Lipinski definition) is 4. The van der Waals surface area contributed by atoms with Gasteiger partial charge in [0, 0.05) is 38.3 Å². The van der Waals surface area contributed by atoms with Crippen LogP contribution in [0, 0.1) is 15.9 Å². The van der Waals surface area contributed by atoms with E-state index in [0.29, 0.717) is 18.8 Å². The van der Waals surface area contributed by atoms with E-state index >= 15 is 0 Å². The molecule has 0 unspecified atom stereocenters. The third kappa shape index (κ3) is 2.62. The fraction of sp³-hybridized carbons (Fsp3) is 0.455. The quantitative estimate of drug-likeness (QED) is 0.620. The molecule has 98 valence electrons. The highest BCUT2D eigenvalue weighted by Crippen LogP contribution is 2.33. The van der Waals surface area contributed by atoms with Crippen molar-refractivity contribution in [2.45, 2.75) is 0 Å². The van der Waals surface area contributed by atoms with Gasteiger partial charge in [0.2, 0.25) is 0 Å². The zero-order valence-electron chi connectivity index (χ0n) is 9.90. The number of hydrogen-bond donors (Lipinski definition) is 0. The summed E-state index contributed by atoms with van der Waals surface area (Å²) in [5.41, 5.74) is 0.293. The van der Waals surface area contributed by atoms with E-state index in [-0.39, 0.29) is 10.2 Å². The van der Waals surface area contributed by atoms with Gasteiger partial charge < -0.3 is 9.80 Å². The number of nitro groups is 1. The monoisotopic (exact) mass is 317 g/mol. The van der Waals surface area contributed by atoms with Crippen molar-refractivity contribution >= 4 is 27.3 Å². The third-order valence-electron chi connectivity index (χ3n) is 3.06. The van der Waals surface area contributed by atoms with Crippen LogP contribution in [0.4, 0.5) is 15.8 Å². The van der Waals surface area contributed by atoms with Gasteiger partial charge in [-0.15, -0.1) is 0 Å². The van der Waals surface area contributed by atoms with E-state index in [4.69, 9.17) is 0 Å². The summed E-state index contributed by atoms with van der Waals surface area (Å²) in [6, 6.07) is 2.45. The lowest BCUT2D eigenvalue weighted by molar-refractivity contribution is -0.384. The fourth-order valence-corrected chi connectivity index (χ4v) is 2.30. The van der Waals surface area contributed by atoms with Crippen molar-refractivity contribution in [1.82, 2.24) is 4.90 Å². The first-order chi connectivity index (χ1) is 8.49. The molecule has 0 atom stereocenters. The Hall–Kier alpha value is -1.21. The Bertz CT molecular complexity index is 476. The van der Waals surface area contributed by atoms with Gasteiger partial charge in [-0.2, -0.15) is 0 Å². The smallest absolute Gasteiger partial charge is 0.293 e. The van der Waals surface area contributed by atoms with E-state index < -0.39 is 10.7 Å². The second-order valence-corrected chi connectivity index (χ2v) is 5.16. The summed E-state index contributed by atoms with van der Waals surface area (Å²) in [6.45, 7) is 2.96. The van der Waals surface area contributed by atoms with E-state index in [9.17, 15) is 14.5 Å². The van der Waals surface area contributed by atoms with Crippen LogP contribution in [0.25, 0.3) is 0 Å². The Morgan fingerprint density at radius 2 is 1.94 bits per heavy atom. The number of nitrogens with zero attached hydrogens (tertiary/aromatic N) is 3. The highest BCUT2D eigenvalue weighted by Gasteiger charge is 2.24. The largest absolute Gasteiger partial charge is 0.363 e. The second-order valence-electron chi connectivity index (χ2n) is 4.30. The molecule has 0 radical (unpaired) electrons. The first-order valence-corrected chi connectivity index (χ1v) is 6.35. The molecule has 0 aromatic heterocycles. The van der Waals surface area contributed by atoms with Gasteiger partial charge in [-0.1, -0.05) is 0 Å². The lowest BCUT2D eigenvalue weighted by Crippen LogP contribution is -2.44. The minimum Gasteiger partial charge on any atom is -0.363 e. The molecule has 1 heterocycles. The van der Waals surface area contributed by atoms with Crippen LogP contribution < -0.4 is 4.90 Å². The maximum Gasteiger partial charge on any atom is 0.293 e. The molecule has 1 aromatic rings. The number of anilines is 1. The van der Waals surface area contributed by atoms with Crippen molar-refractivity contribution < 1.29 is 9.31 Å². The Morgan fingerprint density at radius 3 is 2.50 bits per heavy atom. The van der Waals surface area contributed by atoms with E-state index in [1.54, 1.807) is 0 Å². The summed E-state index contributed by atoms with van der Waals surface area (Å²) in [5.74, 6) is -0.477. The van der Waals surface area contributed by atoms with Gasteiger partial charge in [0.25, 0.3) is 5.69 Å². The zero-order chi connectivity index (χ0) is 13.3. The SMILES string of the molecule is CN1CCN(c2cc(F)c(Br)cc2[N+](=O)[O-])CC1. The summed E-state index contributed by atoms with van der Waals surface area (Å²) in [7, 11) is 1.99. The van der Waals surface area contributed by atoms with Crippen LogP contribution in [0.2, 0.25) is 0 Å². The number of likely N-dealkylation sites (N-methyl/N-ethyl adjacent to an activating group) is 1. The summed E-state index contributed by atoms with van der Waals surface area (Å²) in [5, 5.41) is 11.0. The van der Waals surface area contributed by atoms with Gasteiger partial charge in [0.1, 0.15) is 11.5 Å². The molecule has 1 aromatic carbocycles. The fourth-order valence-electron chi connectivity index (χ4n) is 1.97. The molecule has 2 rings (SSSR count). The summed E-state index contributed by atoms with van der Waals surface area (Å²) in [4.78, 5) is 14.5. The molecular formula is C11H13BrFN3O2. The average molecular weight is 318 g/mol. The van der Waals surface area contributed by atoms with Crippen molar-refractivity contribution in [2.24, 2.45) is 0 Å². The highest BCUT2D eigenvalue weighted by molar-refractivity contribution is 9.10. The minimum absolute atomic E-state index is 0.0622. The van der Waals surface area contributed by atoms with E-state index in [2.05, 4.69) is 20.8 Å². The van der Waals surface area contributed by atoms with Crippen LogP contribution in [0.5, 0.6) is 0 Å². The molecular weight excluding hydrogens is 305 g/mol. The molecule has 7 heteroatoms. The summed E-state index contributed by atoms with van der Waals surface area (Å²) in [6.07, 6.45) is 0. The van der Waals surface area contributed by atoms with E-state index in [1.165, 1.54) is 12.1 Å². The first-order valence-electron chi connectivity index (χ1n) is 5.56. The number of benzene rings is 1. The van der Waals surface area contributed by atoms with Crippen LogP contribution in [-0.4, -0.2) is 43.0 Å². The van der Waals surface area contributed by atoms with Crippen LogP contribution in [-0.2, 0) is 0 Å². The van der Waals surface area contributed by atoms with Crippen LogP contribution in [0.3, 0.4) is 0 Å². The predicted octanol–water partition coefficient (Wildman–Crippen LogP) is 2.25. The molecule has 0 spiro atoms. The van der Waals surface area contributed by atoms with Crippen molar-refractivity contribution in [2.75, 3.05) is 38.1 Å². The maximum absolute atomic E-state index is 13.5. The zero-order valence-corrected chi connectivity index (χ0v) is 11.5. The van der Waals surface area contributed by atoms with Crippen LogP contribution in [0.1, 0.15) is 0 Å². The molecule has 0 bridgehead atoms. The van der Waals surface area contributed by atoms with Crippen molar-refractivity contribution in [1.29, 1.82) is 0 Å². The maximum atomic E-state index is 13.5. The Balaban J connectivity index is 2.36. The van der Waals surface area contributed by atoms with E-state index in [1.807, 2.05) is 11.9 Å². The molecule has 0 saturated carbocycles. The van der Waals surface area contributed by atoms with Gasteiger partial charge in [-0.25, -0.2) is 4.39 Å². The number of nitro benzene ring substituents is 1. The molecule has 0 N–H and O–H groups in total. The molecule has 1 aliphatic heterocycles. The van der Waals surface area contributed by atoms with Crippen molar-refractivity contribution in [3.05, 3.63) is 32.5 Å². The Labute approximate surface area is 112 Å². The van der Waals surface area contributed by atoms with Crippen LogP contribution >= 0.6 is 15.9 Å². The summed E-state index contributed by atoms with van der Waals surface area (Å²) >= 11 is 2.98.